The summed E-state index contributed by atoms with van der Waals surface area (Å²) >= 11 is 0. The standard InChI is InChI=1S/C17H22N4/c1-11(2)17-20-14(10-15(18-3)21-17)13-8-4-6-12-7-5-9-19-16(12)13/h5,7,9-11,13H,4,6,8H2,1-3H3,(H,18,20,21). The molecule has 1 N–H and O–H groups in total. The van der Waals surface area contributed by atoms with Crippen LogP contribution >= 0.6 is 0 Å². The summed E-state index contributed by atoms with van der Waals surface area (Å²) in [6.07, 6.45) is 5.32. The average molecular weight is 282 g/mol. The molecule has 0 bridgehead atoms. The minimum atomic E-state index is 0.294. The van der Waals surface area contributed by atoms with Crippen LogP contribution in [0.1, 0.15) is 61.3 Å². The fourth-order valence-electron chi connectivity index (χ4n) is 2.95. The molecular formula is C17H22N4. The molecule has 2 heterocycles. The van der Waals surface area contributed by atoms with Gasteiger partial charge in [-0.2, -0.15) is 0 Å². The fraction of sp³-hybridized carbons (Fsp3) is 0.471. The number of hydrogen-bond acceptors (Lipinski definition) is 4. The van der Waals surface area contributed by atoms with Gasteiger partial charge in [0, 0.05) is 31.1 Å². The quantitative estimate of drug-likeness (QED) is 0.936. The number of aromatic nitrogens is 3. The second kappa shape index (κ2) is 5.80. The van der Waals surface area contributed by atoms with Gasteiger partial charge in [-0.1, -0.05) is 19.9 Å². The highest BCUT2D eigenvalue weighted by Gasteiger charge is 2.25. The Morgan fingerprint density at radius 1 is 1.29 bits per heavy atom. The van der Waals surface area contributed by atoms with Crippen LogP contribution in [0.4, 0.5) is 5.82 Å². The molecule has 4 nitrogen and oxygen atoms in total. The van der Waals surface area contributed by atoms with Crippen LogP contribution in [0, 0.1) is 0 Å². The van der Waals surface area contributed by atoms with Crippen molar-refractivity contribution in [3.05, 3.63) is 47.2 Å². The van der Waals surface area contributed by atoms with E-state index in [-0.39, 0.29) is 0 Å². The molecule has 1 aliphatic rings. The van der Waals surface area contributed by atoms with Crippen molar-refractivity contribution in [2.75, 3.05) is 12.4 Å². The van der Waals surface area contributed by atoms with Crippen molar-refractivity contribution < 1.29 is 0 Å². The molecule has 0 aromatic carbocycles. The van der Waals surface area contributed by atoms with Crippen LogP contribution in [-0.4, -0.2) is 22.0 Å². The van der Waals surface area contributed by atoms with Crippen LogP contribution in [0.3, 0.4) is 0 Å². The zero-order valence-corrected chi connectivity index (χ0v) is 12.9. The van der Waals surface area contributed by atoms with Crippen molar-refractivity contribution in [2.45, 2.75) is 44.9 Å². The highest BCUT2D eigenvalue weighted by Crippen LogP contribution is 2.35. The lowest BCUT2D eigenvalue weighted by Crippen LogP contribution is -2.16. The molecule has 0 fully saturated rings. The SMILES string of the molecule is CNc1cc(C2CCCc3cccnc32)nc(C(C)C)n1. The number of fused-ring (bicyclic) bond motifs is 1. The van der Waals surface area contributed by atoms with Crippen LogP contribution in [-0.2, 0) is 6.42 Å². The lowest BCUT2D eigenvalue weighted by molar-refractivity contribution is 0.581. The van der Waals surface area contributed by atoms with Gasteiger partial charge in [0.05, 0.1) is 11.4 Å². The Morgan fingerprint density at radius 2 is 2.14 bits per heavy atom. The Hall–Kier alpha value is -1.97. The van der Waals surface area contributed by atoms with Gasteiger partial charge in [0.15, 0.2) is 0 Å². The number of pyridine rings is 1. The molecule has 4 heteroatoms. The van der Waals surface area contributed by atoms with E-state index in [2.05, 4.69) is 41.3 Å². The number of rotatable bonds is 3. The van der Waals surface area contributed by atoms with E-state index in [1.807, 2.05) is 19.3 Å². The highest BCUT2D eigenvalue weighted by atomic mass is 15.0. The summed E-state index contributed by atoms with van der Waals surface area (Å²) in [4.78, 5) is 14.0. The van der Waals surface area contributed by atoms with Crippen molar-refractivity contribution in [1.29, 1.82) is 0 Å². The fourth-order valence-corrected chi connectivity index (χ4v) is 2.95. The smallest absolute Gasteiger partial charge is 0.133 e. The lowest BCUT2D eigenvalue weighted by Gasteiger charge is -2.24. The van der Waals surface area contributed by atoms with Gasteiger partial charge in [0.1, 0.15) is 11.6 Å². The van der Waals surface area contributed by atoms with Gasteiger partial charge >= 0.3 is 0 Å². The predicted octanol–water partition coefficient (Wildman–Crippen LogP) is 3.50. The number of hydrogen-bond donors (Lipinski definition) is 1. The third-order valence-electron chi connectivity index (χ3n) is 4.09. The Balaban J connectivity index is 2.07. The van der Waals surface area contributed by atoms with E-state index in [0.29, 0.717) is 11.8 Å². The molecule has 1 atom stereocenters. The van der Waals surface area contributed by atoms with E-state index < -0.39 is 0 Å². The zero-order valence-electron chi connectivity index (χ0n) is 12.9. The van der Waals surface area contributed by atoms with Crippen LogP contribution < -0.4 is 5.32 Å². The molecule has 0 aliphatic heterocycles. The first-order valence-electron chi connectivity index (χ1n) is 7.69. The van der Waals surface area contributed by atoms with Gasteiger partial charge in [-0.3, -0.25) is 4.98 Å². The minimum Gasteiger partial charge on any atom is -0.373 e. The summed E-state index contributed by atoms with van der Waals surface area (Å²) in [5.41, 5.74) is 3.65. The molecule has 0 saturated carbocycles. The van der Waals surface area contributed by atoms with E-state index in [4.69, 9.17) is 4.98 Å². The van der Waals surface area contributed by atoms with Crippen LogP contribution in [0.5, 0.6) is 0 Å². The second-order valence-corrected chi connectivity index (χ2v) is 5.93. The number of anilines is 1. The van der Waals surface area contributed by atoms with Crippen molar-refractivity contribution in [2.24, 2.45) is 0 Å². The third kappa shape index (κ3) is 2.75. The molecule has 3 rings (SSSR count). The zero-order chi connectivity index (χ0) is 14.8. The molecule has 0 saturated heterocycles. The first kappa shape index (κ1) is 14.0. The normalized spacial score (nSPS) is 17.6. The average Bonchev–Trinajstić information content (AvgIpc) is 2.53. The molecule has 1 unspecified atom stereocenters. The van der Waals surface area contributed by atoms with Crippen molar-refractivity contribution in [1.82, 2.24) is 15.0 Å². The predicted molar refractivity (Wildman–Crippen MR) is 84.7 cm³/mol. The van der Waals surface area contributed by atoms with E-state index in [1.54, 1.807) is 0 Å². The Kier molecular flexibility index (Phi) is 3.86. The van der Waals surface area contributed by atoms with Crippen LogP contribution in [0.25, 0.3) is 0 Å². The summed E-state index contributed by atoms with van der Waals surface area (Å²) in [6, 6.07) is 6.29. The lowest BCUT2D eigenvalue weighted by atomic mass is 9.84. The van der Waals surface area contributed by atoms with Gasteiger partial charge in [-0.05, 0) is 30.9 Å². The van der Waals surface area contributed by atoms with Gasteiger partial charge in [-0.15, -0.1) is 0 Å². The van der Waals surface area contributed by atoms with E-state index in [0.717, 1.165) is 30.2 Å². The van der Waals surface area contributed by atoms with E-state index >= 15 is 0 Å². The van der Waals surface area contributed by atoms with Gasteiger partial charge < -0.3 is 5.32 Å². The van der Waals surface area contributed by atoms with Gasteiger partial charge in [0.2, 0.25) is 0 Å². The highest BCUT2D eigenvalue weighted by molar-refractivity contribution is 5.40. The molecule has 0 spiro atoms. The van der Waals surface area contributed by atoms with Crippen molar-refractivity contribution in [3.63, 3.8) is 0 Å². The second-order valence-electron chi connectivity index (χ2n) is 5.93. The van der Waals surface area contributed by atoms with Crippen molar-refractivity contribution >= 4 is 5.82 Å². The Labute approximate surface area is 126 Å². The monoisotopic (exact) mass is 282 g/mol. The molecular weight excluding hydrogens is 260 g/mol. The van der Waals surface area contributed by atoms with Gasteiger partial charge in [0.25, 0.3) is 0 Å². The summed E-state index contributed by atoms with van der Waals surface area (Å²) in [5, 5.41) is 3.15. The van der Waals surface area contributed by atoms with Gasteiger partial charge in [-0.25, -0.2) is 9.97 Å². The number of aryl methyl sites for hydroxylation is 1. The molecule has 2 aromatic heterocycles. The summed E-state index contributed by atoms with van der Waals surface area (Å²) in [5.74, 6) is 2.41. The number of nitrogens with zero attached hydrogens (tertiary/aromatic N) is 3. The Bertz CT molecular complexity index is 636. The molecule has 1 aliphatic carbocycles. The van der Waals surface area contributed by atoms with Crippen LogP contribution in [0.2, 0.25) is 0 Å². The maximum Gasteiger partial charge on any atom is 0.133 e. The first-order valence-corrected chi connectivity index (χ1v) is 7.69. The molecule has 2 aromatic rings. The maximum absolute atomic E-state index is 4.81. The van der Waals surface area contributed by atoms with Crippen molar-refractivity contribution in [3.8, 4) is 0 Å². The first-order chi connectivity index (χ1) is 10.2. The minimum absolute atomic E-state index is 0.294. The summed E-state index contributed by atoms with van der Waals surface area (Å²) < 4.78 is 0. The molecule has 21 heavy (non-hydrogen) atoms. The topological polar surface area (TPSA) is 50.7 Å². The number of nitrogens with one attached hydrogen (secondary N) is 1. The molecule has 0 amide bonds. The van der Waals surface area contributed by atoms with E-state index in [9.17, 15) is 0 Å². The van der Waals surface area contributed by atoms with E-state index in [1.165, 1.54) is 17.7 Å². The molecule has 0 radical (unpaired) electrons. The maximum atomic E-state index is 4.81. The Morgan fingerprint density at radius 3 is 2.90 bits per heavy atom. The summed E-state index contributed by atoms with van der Waals surface area (Å²) in [7, 11) is 1.91. The largest absolute Gasteiger partial charge is 0.373 e. The third-order valence-corrected chi connectivity index (χ3v) is 4.09. The summed E-state index contributed by atoms with van der Waals surface area (Å²) in [6.45, 7) is 4.26. The van der Waals surface area contributed by atoms with Crippen LogP contribution in [0.15, 0.2) is 24.4 Å². The molecule has 110 valence electrons.